The highest BCUT2D eigenvalue weighted by Gasteiger charge is 2.22. The van der Waals surface area contributed by atoms with E-state index in [0.29, 0.717) is 0 Å². The summed E-state index contributed by atoms with van der Waals surface area (Å²) in [7, 11) is 0. The smallest absolute Gasteiger partial charge is 0.253 e. The molecule has 4 rings (SSSR count). The number of rotatable bonds is 6. The van der Waals surface area contributed by atoms with Crippen LogP contribution < -0.4 is 0 Å². The van der Waals surface area contributed by atoms with E-state index in [9.17, 15) is 4.79 Å². The van der Waals surface area contributed by atoms with Gasteiger partial charge in [0.2, 0.25) is 0 Å². The number of piperazine rings is 1. The van der Waals surface area contributed by atoms with Crippen molar-refractivity contribution in [3.8, 4) is 5.69 Å². The lowest BCUT2D eigenvalue weighted by Gasteiger charge is -2.35. The number of aromatic nitrogens is 3. The molecule has 0 N–H and O–H groups in total. The molecule has 1 aliphatic heterocycles. The minimum atomic E-state index is 0.126. The van der Waals surface area contributed by atoms with Gasteiger partial charge >= 0.3 is 0 Å². The molecule has 3 aromatic rings. The molecule has 1 fully saturated rings. The second-order valence-electron chi connectivity index (χ2n) is 7.16. The van der Waals surface area contributed by atoms with Gasteiger partial charge in [0.1, 0.15) is 5.82 Å². The number of carbonyl (C=O) groups is 1. The van der Waals surface area contributed by atoms with Crippen LogP contribution in [0.15, 0.2) is 61.2 Å². The zero-order chi connectivity index (χ0) is 19.3. The first-order valence-corrected chi connectivity index (χ1v) is 9.99. The molecule has 0 saturated carbocycles. The Kier molecular flexibility index (Phi) is 5.58. The van der Waals surface area contributed by atoms with E-state index in [4.69, 9.17) is 0 Å². The number of benzene rings is 1. The van der Waals surface area contributed by atoms with Crippen molar-refractivity contribution >= 4 is 5.91 Å². The van der Waals surface area contributed by atoms with Gasteiger partial charge in [-0.15, -0.1) is 0 Å². The second-order valence-corrected chi connectivity index (χ2v) is 7.16. The van der Waals surface area contributed by atoms with Crippen LogP contribution in [0.4, 0.5) is 0 Å². The lowest BCUT2D eigenvalue weighted by Crippen LogP contribution is -2.49. The largest absolute Gasteiger partial charge is 0.336 e. The molecule has 0 atom stereocenters. The van der Waals surface area contributed by atoms with Gasteiger partial charge in [-0.25, -0.2) is 4.98 Å². The van der Waals surface area contributed by atoms with Crippen molar-refractivity contribution in [1.82, 2.24) is 23.9 Å². The molecule has 28 heavy (non-hydrogen) atoms. The van der Waals surface area contributed by atoms with Crippen LogP contribution in [0, 0.1) is 0 Å². The molecule has 146 valence electrons. The molecule has 6 heteroatoms. The summed E-state index contributed by atoms with van der Waals surface area (Å²) in [6.07, 6.45) is 8.89. The first-order valence-electron chi connectivity index (χ1n) is 9.99. The van der Waals surface area contributed by atoms with Crippen molar-refractivity contribution in [3.63, 3.8) is 0 Å². The summed E-state index contributed by atoms with van der Waals surface area (Å²) in [6.45, 7) is 7.49. The van der Waals surface area contributed by atoms with E-state index in [1.165, 1.54) is 0 Å². The van der Waals surface area contributed by atoms with Crippen LogP contribution in [-0.4, -0.2) is 62.5 Å². The summed E-state index contributed by atoms with van der Waals surface area (Å²) in [4.78, 5) is 21.6. The Labute approximate surface area is 166 Å². The molecule has 2 aromatic heterocycles. The number of nitrogens with zero attached hydrogens (tertiary/aromatic N) is 5. The first-order chi connectivity index (χ1) is 13.7. The molecular formula is C22H27N5O. The van der Waals surface area contributed by atoms with E-state index in [1.807, 2.05) is 64.5 Å². The van der Waals surface area contributed by atoms with E-state index in [1.54, 1.807) is 0 Å². The molecular weight excluding hydrogens is 350 g/mol. The standard InChI is InChI=1S/C22H27N5O/c1-2-21-23-9-12-26(21)16-13-24-14-17-27(18-15-24)22(28)19-5-7-20(8-6-19)25-10-3-4-11-25/h3-12H,2,13-18H2,1H3. The SMILES string of the molecule is CCc1nccn1CCN1CCN(C(=O)c2ccc(-n3cccc3)cc2)CC1. The first kappa shape index (κ1) is 18.5. The summed E-state index contributed by atoms with van der Waals surface area (Å²) in [5.41, 5.74) is 1.83. The number of aryl methyl sites for hydroxylation is 1. The predicted molar refractivity (Wildman–Crippen MR) is 110 cm³/mol. The van der Waals surface area contributed by atoms with Crippen molar-refractivity contribution in [2.75, 3.05) is 32.7 Å². The number of amides is 1. The molecule has 0 radical (unpaired) electrons. The highest BCUT2D eigenvalue weighted by atomic mass is 16.2. The van der Waals surface area contributed by atoms with Gasteiger partial charge in [0.05, 0.1) is 0 Å². The second kappa shape index (κ2) is 8.44. The van der Waals surface area contributed by atoms with E-state index >= 15 is 0 Å². The fourth-order valence-electron chi connectivity index (χ4n) is 3.75. The van der Waals surface area contributed by atoms with Crippen molar-refractivity contribution in [3.05, 3.63) is 72.6 Å². The minimum absolute atomic E-state index is 0.126. The van der Waals surface area contributed by atoms with Gasteiger partial charge < -0.3 is 14.0 Å². The molecule has 0 spiro atoms. The van der Waals surface area contributed by atoms with Gasteiger partial charge in [-0.2, -0.15) is 0 Å². The highest BCUT2D eigenvalue weighted by molar-refractivity contribution is 5.94. The molecule has 0 unspecified atom stereocenters. The van der Waals surface area contributed by atoms with Crippen LogP contribution in [0.1, 0.15) is 23.1 Å². The molecule has 1 saturated heterocycles. The van der Waals surface area contributed by atoms with Gasteiger partial charge in [0, 0.05) is 81.7 Å². The van der Waals surface area contributed by atoms with Gasteiger partial charge in [-0.1, -0.05) is 6.92 Å². The van der Waals surface area contributed by atoms with E-state index in [-0.39, 0.29) is 5.91 Å². The zero-order valence-corrected chi connectivity index (χ0v) is 16.4. The Hall–Kier alpha value is -2.86. The molecule has 1 aliphatic rings. The van der Waals surface area contributed by atoms with Gasteiger partial charge in [-0.3, -0.25) is 9.69 Å². The third-order valence-corrected chi connectivity index (χ3v) is 5.45. The average molecular weight is 377 g/mol. The van der Waals surface area contributed by atoms with E-state index in [0.717, 1.165) is 62.8 Å². The van der Waals surface area contributed by atoms with Crippen molar-refractivity contribution in [2.45, 2.75) is 19.9 Å². The maximum Gasteiger partial charge on any atom is 0.253 e. The molecule has 0 aliphatic carbocycles. The zero-order valence-electron chi connectivity index (χ0n) is 16.4. The molecule has 6 nitrogen and oxygen atoms in total. The van der Waals surface area contributed by atoms with E-state index < -0.39 is 0 Å². The Morgan fingerprint density at radius 1 is 0.964 bits per heavy atom. The minimum Gasteiger partial charge on any atom is -0.336 e. The van der Waals surface area contributed by atoms with Crippen LogP contribution in [0.3, 0.4) is 0 Å². The van der Waals surface area contributed by atoms with Crippen LogP contribution in [0.25, 0.3) is 5.69 Å². The molecule has 1 amide bonds. The summed E-state index contributed by atoms with van der Waals surface area (Å²) in [5.74, 6) is 1.26. The lowest BCUT2D eigenvalue weighted by molar-refractivity contribution is 0.0633. The van der Waals surface area contributed by atoms with E-state index in [2.05, 4.69) is 27.6 Å². The third-order valence-electron chi connectivity index (χ3n) is 5.45. The lowest BCUT2D eigenvalue weighted by atomic mass is 10.1. The Morgan fingerprint density at radius 3 is 2.36 bits per heavy atom. The van der Waals surface area contributed by atoms with Crippen LogP contribution >= 0.6 is 0 Å². The Balaban J connectivity index is 1.29. The van der Waals surface area contributed by atoms with Crippen LogP contribution in [0.2, 0.25) is 0 Å². The number of carbonyl (C=O) groups excluding carboxylic acids is 1. The Bertz CT molecular complexity index is 889. The molecule has 1 aromatic carbocycles. The molecule has 0 bridgehead atoms. The summed E-state index contributed by atoms with van der Waals surface area (Å²) in [6, 6.07) is 11.8. The van der Waals surface area contributed by atoms with Gasteiger partial charge in [0.15, 0.2) is 0 Å². The van der Waals surface area contributed by atoms with Gasteiger partial charge in [0.25, 0.3) is 5.91 Å². The normalized spacial score (nSPS) is 15.1. The summed E-state index contributed by atoms with van der Waals surface area (Å²) >= 11 is 0. The maximum absolute atomic E-state index is 12.8. The van der Waals surface area contributed by atoms with Crippen molar-refractivity contribution in [2.24, 2.45) is 0 Å². The summed E-state index contributed by atoms with van der Waals surface area (Å²) < 4.78 is 4.26. The monoisotopic (exact) mass is 377 g/mol. The fraction of sp³-hybridized carbons (Fsp3) is 0.364. The number of hydrogen-bond donors (Lipinski definition) is 0. The van der Waals surface area contributed by atoms with Crippen molar-refractivity contribution < 1.29 is 4.79 Å². The summed E-state index contributed by atoms with van der Waals surface area (Å²) in [5, 5.41) is 0. The highest BCUT2D eigenvalue weighted by Crippen LogP contribution is 2.13. The third kappa shape index (κ3) is 4.02. The number of imidazole rings is 1. The average Bonchev–Trinajstić information content (AvgIpc) is 3.44. The Morgan fingerprint density at radius 2 is 1.68 bits per heavy atom. The maximum atomic E-state index is 12.8. The fourth-order valence-corrected chi connectivity index (χ4v) is 3.75. The topological polar surface area (TPSA) is 46.3 Å². The predicted octanol–water partition coefficient (Wildman–Crippen LogP) is 2.69. The van der Waals surface area contributed by atoms with Crippen LogP contribution in [-0.2, 0) is 13.0 Å². The van der Waals surface area contributed by atoms with Crippen LogP contribution in [0.5, 0.6) is 0 Å². The quantitative estimate of drug-likeness (QED) is 0.664. The van der Waals surface area contributed by atoms with Crippen molar-refractivity contribution in [1.29, 1.82) is 0 Å². The number of hydrogen-bond acceptors (Lipinski definition) is 3. The molecule has 3 heterocycles. The van der Waals surface area contributed by atoms with Gasteiger partial charge in [-0.05, 0) is 36.4 Å².